The highest BCUT2D eigenvalue weighted by Gasteiger charge is 2.17. The topological polar surface area (TPSA) is 63.5 Å². The van der Waals surface area contributed by atoms with E-state index in [9.17, 15) is 4.79 Å². The Morgan fingerprint density at radius 3 is 2.81 bits per heavy atom. The normalized spacial score (nSPS) is 14.3. The van der Waals surface area contributed by atoms with E-state index in [1.54, 1.807) is 6.26 Å². The molecule has 0 radical (unpaired) electrons. The van der Waals surface area contributed by atoms with Gasteiger partial charge in [-0.15, -0.1) is 0 Å². The molecule has 0 aliphatic carbocycles. The van der Waals surface area contributed by atoms with Crippen LogP contribution in [0.4, 0.5) is 5.69 Å². The molecule has 0 saturated carbocycles. The third-order valence-corrected chi connectivity index (χ3v) is 4.48. The molecule has 132 valence electrons. The van der Waals surface area contributed by atoms with E-state index in [-0.39, 0.29) is 18.6 Å². The van der Waals surface area contributed by atoms with Gasteiger partial charge in [-0.25, -0.2) is 0 Å². The zero-order chi connectivity index (χ0) is 17.9. The predicted octanol–water partition coefficient (Wildman–Crippen LogP) is 4.13. The lowest BCUT2D eigenvalue weighted by molar-refractivity contribution is -0.118. The van der Waals surface area contributed by atoms with Crippen molar-refractivity contribution in [3.8, 4) is 16.9 Å². The van der Waals surface area contributed by atoms with Gasteiger partial charge in [-0.2, -0.15) is 0 Å². The van der Waals surface area contributed by atoms with Gasteiger partial charge in [0.05, 0.1) is 18.5 Å². The van der Waals surface area contributed by atoms with Crippen molar-refractivity contribution in [3.05, 3.63) is 72.2 Å². The lowest BCUT2D eigenvalue weighted by atomic mass is 10.1. The van der Waals surface area contributed by atoms with Gasteiger partial charge in [0.1, 0.15) is 11.5 Å². The van der Waals surface area contributed by atoms with Crippen LogP contribution in [0, 0.1) is 0 Å². The van der Waals surface area contributed by atoms with E-state index in [2.05, 4.69) is 35.8 Å². The van der Waals surface area contributed by atoms with Crippen LogP contribution in [-0.4, -0.2) is 12.5 Å². The number of furan rings is 1. The monoisotopic (exact) mass is 348 g/mol. The van der Waals surface area contributed by atoms with E-state index in [1.807, 2.05) is 36.4 Å². The highest BCUT2D eigenvalue weighted by Crippen LogP contribution is 2.30. The number of nitrogens with one attached hydrogen (secondary N) is 2. The van der Waals surface area contributed by atoms with Crippen molar-refractivity contribution >= 4 is 11.6 Å². The maximum absolute atomic E-state index is 11.5. The van der Waals surface area contributed by atoms with Crippen LogP contribution in [0.2, 0.25) is 0 Å². The molecule has 0 fully saturated rings. The zero-order valence-electron chi connectivity index (χ0n) is 14.5. The lowest BCUT2D eigenvalue weighted by Crippen LogP contribution is -2.26. The first-order valence-electron chi connectivity index (χ1n) is 8.62. The van der Waals surface area contributed by atoms with Crippen molar-refractivity contribution in [3.63, 3.8) is 0 Å². The third-order valence-electron chi connectivity index (χ3n) is 4.48. The Morgan fingerprint density at radius 2 is 1.96 bits per heavy atom. The minimum Gasteiger partial charge on any atom is -0.482 e. The van der Waals surface area contributed by atoms with Gasteiger partial charge in [-0.05, 0) is 36.2 Å². The summed E-state index contributed by atoms with van der Waals surface area (Å²) >= 11 is 0. The van der Waals surface area contributed by atoms with E-state index in [0.717, 1.165) is 28.1 Å². The summed E-state index contributed by atoms with van der Waals surface area (Å²) in [5, 5.41) is 6.29. The van der Waals surface area contributed by atoms with Crippen LogP contribution < -0.4 is 15.4 Å². The molecule has 1 aliphatic rings. The van der Waals surface area contributed by atoms with Crippen LogP contribution in [0.1, 0.15) is 24.3 Å². The molecule has 2 aromatic carbocycles. The quantitative estimate of drug-likeness (QED) is 0.728. The maximum Gasteiger partial charge on any atom is 0.262 e. The summed E-state index contributed by atoms with van der Waals surface area (Å²) in [6.45, 7) is 2.77. The van der Waals surface area contributed by atoms with Gasteiger partial charge < -0.3 is 19.8 Å². The second-order valence-electron chi connectivity index (χ2n) is 6.36. The number of hydrogen-bond donors (Lipinski definition) is 2. The molecule has 0 saturated heterocycles. The second-order valence-corrected chi connectivity index (χ2v) is 6.36. The first-order valence-corrected chi connectivity index (χ1v) is 8.62. The molecule has 2 heterocycles. The number of carbonyl (C=O) groups is 1. The largest absolute Gasteiger partial charge is 0.482 e. The second kappa shape index (κ2) is 7.06. The van der Waals surface area contributed by atoms with Crippen molar-refractivity contribution in [2.45, 2.75) is 19.5 Å². The summed E-state index contributed by atoms with van der Waals surface area (Å²) in [4.78, 5) is 11.5. The first kappa shape index (κ1) is 16.4. The highest BCUT2D eigenvalue weighted by molar-refractivity contribution is 5.95. The summed E-state index contributed by atoms with van der Waals surface area (Å²) in [6, 6.07) is 18.2. The van der Waals surface area contributed by atoms with Gasteiger partial charge in [0, 0.05) is 11.6 Å². The number of hydrogen-bond acceptors (Lipinski definition) is 4. The number of anilines is 1. The fraction of sp³-hybridized carbons (Fsp3) is 0.190. The molecule has 0 bridgehead atoms. The third kappa shape index (κ3) is 3.48. The van der Waals surface area contributed by atoms with E-state index >= 15 is 0 Å². The molecular formula is C21H20N2O3. The Bertz CT molecular complexity index is 918. The van der Waals surface area contributed by atoms with E-state index in [1.165, 1.54) is 0 Å². The standard InChI is InChI=1S/C21H20N2O3/c1-14(16-7-8-20-19(10-16)23-21(24)13-26-20)22-11-18-9-17(12-25-18)15-5-3-2-4-6-15/h2-10,12,14,22H,11,13H2,1H3,(H,23,24)/t14-/m0/s1. The molecular weight excluding hydrogens is 328 g/mol. The van der Waals surface area contributed by atoms with Gasteiger partial charge in [0.15, 0.2) is 6.61 Å². The Labute approximate surface area is 152 Å². The number of amides is 1. The molecule has 1 aliphatic heterocycles. The molecule has 4 rings (SSSR count). The van der Waals surface area contributed by atoms with Crippen LogP contribution in [0.25, 0.3) is 11.1 Å². The van der Waals surface area contributed by atoms with E-state index in [4.69, 9.17) is 9.15 Å². The van der Waals surface area contributed by atoms with Crippen molar-refractivity contribution in [1.29, 1.82) is 0 Å². The van der Waals surface area contributed by atoms with E-state index in [0.29, 0.717) is 12.3 Å². The average Bonchev–Trinajstić information content (AvgIpc) is 3.15. The molecule has 1 amide bonds. The molecule has 1 aromatic heterocycles. The fourth-order valence-corrected chi connectivity index (χ4v) is 3.00. The molecule has 1 atom stereocenters. The zero-order valence-corrected chi connectivity index (χ0v) is 14.5. The Hall–Kier alpha value is -3.05. The van der Waals surface area contributed by atoms with Gasteiger partial charge in [-0.3, -0.25) is 4.79 Å². The number of benzene rings is 2. The summed E-state index contributed by atoms with van der Waals surface area (Å²) < 4.78 is 11.1. The Balaban J connectivity index is 1.41. The molecule has 5 heteroatoms. The van der Waals surface area contributed by atoms with Crippen LogP contribution in [0.3, 0.4) is 0 Å². The van der Waals surface area contributed by atoms with Gasteiger partial charge in [0.2, 0.25) is 0 Å². The summed E-state index contributed by atoms with van der Waals surface area (Å²) in [5.41, 5.74) is 4.01. The van der Waals surface area contributed by atoms with Crippen LogP contribution in [0.15, 0.2) is 65.3 Å². The summed E-state index contributed by atoms with van der Waals surface area (Å²) in [6.07, 6.45) is 1.78. The Morgan fingerprint density at radius 1 is 1.12 bits per heavy atom. The molecule has 0 spiro atoms. The van der Waals surface area contributed by atoms with Crippen LogP contribution >= 0.6 is 0 Å². The number of carbonyl (C=O) groups excluding carboxylic acids is 1. The lowest BCUT2D eigenvalue weighted by Gasteiger charge is -2.20. The van der Waals surface area contributed by atoms with Crippen molar-refractivity contribution in [2.24, 2.45) is 0 Å². The minimum atomic E-state index is -0.126. The number of rotatable bonds is 5. The van der Waals surface area contributed by atoms with Crippen molar-refractivity contribution < 1.29 is 13.9 Å². The smallest absolute Gasteiger partial charge is 0.262 e. The average molecular weight is 348 g/mol. The predicted molar refractivity (Wildman–Crippen MR) is 100.0 cm³/mol. The summed E-state index contributed by atoms with van der Waals surface area (Å²) in [7, 11) is 0. The maximum atomic E-state index is 11.5. The van der Waals surface area contributed by atoms with Crippen molar-refractivity contribution in [1.82, 2.24) is 5.32 Å². The van der Waals surface area contributed by atoms with Crippen LogP contribution in [0.5, 0.6) is 5.75 Å². The van der Waals surface area contributed by atoms with Crippen molar-refractivity contribution in [2.75, 3.05) is 11.9 Å². The molecule has 2 N–H and O–H groups in total. The first-order chi connectivity index (χ1) is 12.7. The Kier molecular flexibility index (Phi) is 4.46. The number of fused-ring (bicyclic) bond motifs is 1. The van der Waals surface area contributed by atoms with Gasteiger partial charge in [-0.1, -0.05) is 36.4 Å². The van der Waals surface area contributed by atoms with Gasteiger partial charge >= 0.3 is 0 Å². The molecule has 26 heavy (non-hydrogen) atoms. The summed E-state index contributed by atoms with van der Waals surface area (Å²) in [5.74, 6) is 1.46. The number of ether oxygens (including phenoxy) is 1. The SMILES string of the molecule is C[C@H](NCc1cc(-c2ccccc2)co1)c1ccc2c(c1)NC(=O)CO2. The highest BCUT2D eigenvalue weighted by atomic mass is 16.5. The fourth-order valence-electron chi connectivity index (χ4n) is 3.00. The van der Waals surface area contributed by atoms with Crippen LogP contribution in [-0.2, 0) is 11.3 Å². The molecule has 5 nitrogen and oxygen atoms in total. The minimum absolute atomic E-state index is 0.0718. The van der Waals surface area contributed by atoms with E-state index < -0.39 is 0 Å². The molecule has 3 aromatic rings. The molecule has 0 unspecified atom stereocenters. The van der Waals surface area contributed by atoms with Gasteiger partial charge in [0.25, 0.3) is 5.91 Å².